The standard InChI is InChI=1S/C14H22ClN3/c1-2-8-13-16-12(15)11-14(17-13)18-9-6-4-3-5-7-10-18/h11H,2-10H2,1H3. The van der Waals surface area contributed by atoms with E-state index in [0.29, 0.717) is 5.15 Å². The zero-order valence-corrected chi connectivity index (χ0v) is 11.9. The first-order chi connectivity index (χ1) is 8.79. The van der Waals surface area contributed by atoms with Crippen molar-refractivity contribution in [3.63, 3.8) is 0 Å². The first kappa shape index (κ1) is 13.6. The van der Waals surface area contributed by atoms with Gasteiger partial charge in [0.2, 0.25) is 0 Å². The van der Waals surface area contributed by atoms with Crippen LogP contribution in [0.25, 0.3) is 0 Å². The number of aromatic nitrogens is 2. The van der Waals surface area contributed by atoms with Crippen LogP contribution in [0.15, 0.2) is 6.07 Å². The van der Waals surface area contributed by atoms with Crippen molar-refractivity contribution < 1.29 is 0 Å². The Kier molecular flexibility index (Phi) is 5.24. The summed E-state index contributed by atoms with van der Waals surface area (Å²) in [5.74, 6) is 1.89. The number of hydrogen-bond donors (Lipinski definition) is 0. The molecular formula is C14H22ClN3. The molecule has 18 heavy (non-hydrogen) atoms. The lowest BCUT2D eigenvalue weighted by molar-refractivity contribution is 0.553. The molecule has 1 aliphatic heterocycles. The van der Waals surface area contributed by atoms with Crippen LogP contribution in [0.2, 0.25) is 5.15 Å². The molecule has 0 spiro atoms. The van der Waals surface area contributed by atoms with Gasteiger partial charge in [-0.05, 0) is 19.3 Å². The van der Waals surface area contributed by atoms with Gasteiger partial charge in [-0.25, -0.2) is 9.97 Å². The summed E-state index contributed by atoms with van der Waals surface area (Å²) in [6.45, 7) is 4.33. The highest BCUT2D eigenvalue weighted by Crippen LogP contribution is 2.20. The molecular weight excluding hydrogens is 246 g/mol. The third kappa shape index (κ3) is 3.84. The average Bonchev–Trinajstić information content (AvgIpc) is 2.27. The van der Waals surface area contributed by atoms with Crippen molar-refractivity contribution in [2.24, 2.45) is 0 Å². The Morgan fingerprint density at radius 2 is 1.78 bits per heavy atom. The lowest BCUT2D eigenvalue weighted by Gasteiger charge is -2.26. The van der Waals surface area contributed by atoms with E-state index < -0.39 is 0 Å². The number of nitrogens with zero attached hydrogens (tertiary/aromatic N) is 3. The third-order valence-corrected chi connectivity index (χ3v) is 3.57. The van der Waals surface area contributed by atoms with E-state index in [-0.39, 0.29) is 0 Å². The minimum atomic E-state index is 0.575. The van der Waals surface area contributed by atoms with Crippen molar-refractivity contribution in [2.45, 2.75) is 51.9 Å². The molecule has 0 aromatic carbocycles. The van der Waals surface area contributed by atoms with E-state index >= 15 is 0 Å². The summed E-state index contributed by atoms with van der Waals surface area (Å²) < 4.78 is 0. The van der Waals surface area contributed by atoms with Crippen LogP contribution in [-0.2, 0) is 6.42 Å². The van der Waals surface area contributed by atoms with Crippen molar-refractivity contribution in [1.82, 2.24) is 9.97 Å². The molecule has 1 aliphatic rings. The van der Waals surface area contributed by atoms with Crippen LogP contribution in [0.1, 0.15) is 51.3 Å². The summed E-state index contributed by atoms with van der Waals surface area (Å²) in [6, 6.07) is 1.91. The molecule has 2 rings (SSSR count). The van der Waals surface area contributed by atoms with Gasteiger partial charge in [-0.1, -0.05) is 37.8 Å². The minimum Gasteiger partial charge on any atom is -0.356 e. The van der Waals surface area contributed by atoms with Crippen molar-refractivity contribution in [3.8, 4) is 0 Å². The van der Waals surface area contributed by atoms with Gasteiger partial charge < -0.3 is 4.90 Å². The summed E-state index contributed by atoms with van der Waals surface area (Å²) in [7, 11) is 0. The van der Waals surface area contributed by atoms with Crippen LogP contribution in [0.5, 0.6) is 0 Å². The molecule has 0 unspecified atom stereocenters. The molecule has 0 N–H and O–H groups in total. The molecule has 2 heterocycles. The van der Waals surface area contributed by atoms with Gasteiger partial charge in [0.15, 0.2) is 0 Å². The van der Waals surface area contributed by atoms with Crippen LogP contribution < -0.4 is 4.90 Å². The maximum absolute atomic E-state index is 6.10. The highest BCUT2D eigenvalue weighted by molar-refractivity contribution is 6.29. The van der Waals surface area contributed by atoms with Crippen molar-refractivity contribution in [1.29, 1.82) is 0 Å². The molecule has 3 nitrogen and oxygen atoms in total. The monoisotopic (exact) mass is 267 g/mol. The molecule has 4 heteroatoms. The van der Waals surface area contributed by atoms with Gasteiger partial charge in [-0.2, -0.15) is 0 Å². The second-order valence-corrected chi connectivity index (χ2v) is 5.36. The second-order valence-electron chi connectivity index (χ2n) is 4.97. The largest absolute Gasteiger partial charge is 0.356 e. The van der Waals surface area contributed by atoms with Crippen LogP contribution in [0, 0.1) is 0 Å². The molecule has 0 saturated carbocycles. The molecule has 0 atom stereocenters. The highest BCUT2D eigenvalue weighted by atomic mass is 35.5. The van der Waals surface area contributed by atoms with E-state index in [4.69, 9.17) is 11.6 Å². The Hall–Kier alpha value is -0.830. The fraction of sp³-hybridized carbons (Fsp3) is 0.714. The van der Waals surface area contributed by atoms with Gasteiger partial charge >= 0.3 is 0 Å². The maximum atomic E-state index is 6.10. The SMILES string of the molecule is CCCc1nc(Cl)cc(N2CCCCCCC2)n1. The topological polar surface area (TPSA) is 29.0 Å². The maximum Gasteiger partial charge on any atom is 0.134 e. The van der Waals surface area contributed by atoms with E-state index in [1.54, 1.807) is 0 Å². The van der Waals surface area contributed by atoms with Crippen molar-refractivity contribution in [3.05, 3.63) is 17.0 Å². The van der Waals surface area contributed by atoms with Gasteiger partial charge in [-0.15, -0.1) is 0 Å². The minimum absolute atomic E-state index is 0.575. The van der Waals surface area contributed by atoms with E-state index in [2.05, 4.69) is 21.8 Å². The third-order valence-electron chi connectivity index (χ3n) is 3.38. The zero-order chi connectivity index (χ0) is 12.8. The van der Waals surface area contributed by atoms with Crippen molar-refractivity contribution in [2.75, 3.05) is 18.0 Å². The second kappa shape index (κ2) is 6.93. The molecule has 1 aromatic rings. The predicted molar refractivity (Wildman–Crippen MR) is 76.3 cm³/mol. The fourth-order valence-electron chi connectivity index (χ4n) is 2.43. The molecule has 0 radical (unpaired) electrons. The number of hydrogen-bond acceptors (Lipinski definition) is 3. The summed E-state index contributed by atoms with van der Waals surface area (Å²) in [4.78, 5) is 11.3. The van der Waals surface area contributed by atoms with Gasteiger partial charge in [0, 0.05) is 25.6 Å². The quantitative estimate of drug-likeness (QED) is 0.779. The van der Waals surface area contributed by atoms with Gasteiger partial charge in [0.05, 0.1) is 0 Å². The lowest BCUT2D eigenvalue weighted by atomic mass is 10.1. The van der Waals surface area contributed by atoms with Gasteiger partial charge in [-0.3, -0.25) is 0 Å². The van der Waals surface area contributed by atoms with Crippen molar-refractivity contribution >= 4 is 17.4 Å². The molecule has 0 bridgehead atoms. The van der Waals surface area contributed by atoms with E-state index in [1.807, 2.05) is 6.07 Å². The van der Waals surface area contributed by atoms with Crippen LogP contribution >= 0.6 is 11.6 Å². The number of halogens is 1. The first-order valence-electron chi connectivity index (χ1n) is 7.08. The van der Waals surface area contributed by atoms with Crippen LogP contribution in [0.4, 0.5) is 5.82 Å². The van der Waals surface area contributed by atoms with Gasteiger partial charge in [0.1, 0.15) is 16.8 Å². The Labute approximate surface area is 115 Å². The van der Waals surface area contributed by atoms with E-state index in [1.165, 1.54) is 32.1 Å². The number of anilines is 1. The van der Waals surface area contributed by atoms with E-state index in [9.17, 15) is 0 Å². The Balaban J connectivity index is 2.14. The lowest BCUT2D eigenvalue weighted by Crippen LogP contribution is -2.28. The number of rotatable bonds is 3. The first-order valence-corrected chi connectivity index (χ1v) is 7.46. The molecule has 0 aliphatic carbocycles. The molecule has 0 amide bonds. The highest BCUT2D eigenvalue weighted by Gasteiger charge is 2.12. The Bertz CT molecular complexity index is 373. The molecule has 1 aromatic heterocycles. The fourth-order valence-corrected chi connectivity index (χ4v) is 2.62. The van der Waals surface area contributed by atoms with Gasteiger partial charge in [0.25, 0.3) is 0 Å². The van der Waals surface area contributed by atoms with Crippen LogP contribution in [-0.4, -0.2) is 23.1 Å². The molecule has 1 fully saturated rings. The summed E-state index contributed by atoms with van der Waals surface area (Å²) >= 11 is 6.10. The normalized spacial score (nSPS) is 17.3. The zero-order valence-electron chi connectivity index (χ0n) is 11.2. The smallest absolute Gasteiger partial charge is 0.134 e. The number of aryl methyl sites for hydroxylation is 1. The summed E-state index contributed by atoms with van der Waals surface area (Å²) in [5.41, 5.74) is 0. The molecule has 100 valence electrons. The summed E-state index contributed by atoms with van der Waals surface area (Å²) in [5, 5.41) is 0.575. The Morgan fingerprint density at radius 1 is 1.11 bits per heavy atom. The summed E-state index contributed by atoms with van der Waals surface area (Å²) in [6.07, 6.45) is 8.50. The van der Waals surface area contributed by atoms with E-state index in [0.717, 1.165) is 37.6 Å². The predicted octanol–water partition coefficient (Wildman–Crippen LogP) is 3.85. The molecule has 1 saturated heterocycles. The van der Waals surface area contributed by atoms with Crippen LogP contribution in [0.3, 0.4) is 0 Å². The Morgan fingerprint density at radius 3 is 2.44 bits per heavy atom. The average molecular weight is 268 g/mol.